The van der Waals surface area contributed by atoms with E-state index < -0.39 is 0 Å². The van der Waals surface area contributed by atoms with Gasteiger partial charge in [0.1, 0.15) is 10.4 Å². The van der Waals surface area contributed by atoms with Gasteiger partial charge in [0.05, 0.1) is 10.5 Å². The van der Waals surface area contributed by atoms with Crippen LogP contribution in [0.3, 0.4) is 0 Å². The summed E-state index contributed by atoms with van der Waals surface area (Å²) in [6.45, 7) is 6.39. The number of rotatable bonds is 2. The lowest BCUT2D eigenvalue weighted by atomic mass is 10.1. The van der Waals surface area contributed by atoms with E-state index in [0.29, 0.717) is 6.61 Å². The lowest BCUT2D eigenvalue weighted by Gasteiger charge is -2.06. The molecule has 0 aliphatic carbocycles. The lowest BCUT2D eigenvalue weighted by molar-refractivity contribution is -0.913. The number of aryl methyl sites for hydroxylation is 2. The Balaban J connectivity index is 2.50. The fourth-order valence-electron chi connectivity index (χ4n) is 2.38. The molecule has 3 aromatic rings. The number of hydrogen-bond acceptors (Lipinski definition) is 2. The van der Waals surface area contributed by atoms with E-state index in [1.54, 1.807) is 4.85 Å². The molecule has 0 fully saturated rings. The molecule has 0 unspecified atom stereocenters. The van der Waals surface area contributed by atoms with Crippen LogP contribution in [0.2, 0.25) is 10.0 Å². The minimum absolute atomic E-state index is 0.534. The summed E-state index contributed by atoms with van der Waals surface area (Å²) in [6, 6.07) is 7.81. The van der Waals surface area contributed by atoms with Crippen LogP contribution in [0.4, 0.5) is 0 Å². The maximum absolute atomic E-state index is 6.29. The van der Waals surface area contributed by atoms with Gasteiger partial charge in [0.25, 0.3) is 5.52 Å². The summed E-state index contributed by atoms with van der Waals surface area (Å²) in [5.74, 6) is 0. The molecule has 0 amide bonds. The van der Waals surface area contributed by atoms with Crippen molar-refractivity contribution in [1.29, 1.82) is 0 Å². The third kappa shape index (κ3) is 2.41. The molecule has 0 spiro atoms. The maximum Gasteiger partial charge on any atom is 0.297 e. The highest BCUT2D eigenvalue weighted by Gasteiger charge is 2.19. The van der Waals surface area contributed by atoms with E-state index in [-0.39, 0.29) is 0 Å². The summed E-state index contributed by atoms with van der Waals surface area (Å²) in [5.41, 5.74) is 3.68. The molecule has 0 atom stereocenters. The predicted octanol–water partition coefficient (Wildman–Crippen LogP) is 4.05. The fourth-order valence-corrected chi connectivity index (χ4v) is 2.70. The largest absolute Gasteiger partial charge is 0.297 e. The van der Waals surface area contributed by atoms with Crippen LogP contribution in [0.1, 0.15) is 18.1 Å². The van der Waals surface area contributed by atoms with E-state index in [1.165, 1.54) is 0 Å². The fraction of sp³-hybridized carbons (Fsp3) is 0.250. The van der Waals surface area contributed by atoms with E-state index >= 15 is 0 Å². The molecular weight excluding hydrogens is 307 g/mol. The number of nitrogens with zero attached hydrogens (tertiary/aromatic N) is 2. The van der Waals surface area contributed by atoms with Crippen molar-refractivity contribution in [2.75, 3.05) is 6.61 Å². The van der Waals surface area contributed by atoms with Gasteiger partial charge in [0.2, 0.25) is 0 Å². The second kappa shape index (κ2) is 5.32. The van der Waals surface area contributed by atoms with Crippen molar-refractivity contribution < 1.29 is 9.68 Å². The molecule has 0 radical (unpaired) electrons. The first-order valence-corrected chi connectivity index (χ1v) is 7.52. The zero-order chi connectivity index (χ0) is 15.1. The third-order valence-electron chi connectivity index (χ3n) is 3.50. The second-order valence-electron chi connectivity index (χ2n) is 5.03. The van der Waals surface area contributed by atoms with Crippen molar-refractivity contribution in [2.24, 2.45) is 0 Å². The quantitative estimate of drug-likeness (QED) is 0.525. The highest BCUT2D eigenvalue weighted by molar-refractivity contribution is 6.33. The Hall–Kier alpha value is -1.58. The maximum atomic E-state index is 6.29. The summed E-state index contributed by atoms with van der Waals surface area (Å²) in [4.78, 5) is 7.19. The molecule has 1 heterocycles. The van der Waals surface area contributed by atoms with Gasteiger partial charge in [-0.3, -0.25) is 0 Å². The number of halogens is 2. The number of benzene rings is 2. The molecule has 0 N–H and O–H groups in total. The molecule has 3 rings (SSSR count). The smallest absolute Gasteiger partial charge is 0.245 e. The Kier molecular flexibility index (Phi) is 3.64. The first-order valence-electron chi connectivity index (χ1n) is 6.76. The summed E-state index contributed by atoms with van der Waals surface area (Å²) in [7, 11) is 0. The van der Waals surface area contributed by atoms with Crippen LogP contribution in [0.5, 0.6) is 0 Å². The third-order valence-corrected chi connectivity index (χ3v) is 4.31. The van der Waals surface area contributed by atoms with Crippen LogP contribution in [-0.2, 0) is 0 Å². The normalized spacial score (nSPS) is 11.3. The Morgan fingerprint density at radius 3 is 2.29 bits per heavy atom. The second-order valence-corrected chi connectivity index (χ2v) is 5.84. The van der Waals surface area contributed by atoms with E-state index in [2.05, 4.69) is 5.10 Å². The minimum Gasteiger partial charge on any atom is -0.245 e. The van der Waals surface area contributed by atoms with Gasteiger partial charge in [-0.05, 0) is 50.1 Å². The molecular formula is C16H15Cl2N2O+. The molecule has 0 aliphatic heterocycles. The molecule has 0 saturated heterocycles. The Labute approximate surface area is 133 Å². The summed E-state index contributed by atoms with van der Waals surface area (Å²) in [6.07, 6.45) is 0. The first kappa shape index (κ1) is 14.4. The zero-order valence-corrected chi connectivity index (χ0v) is 13.6. The Bertz CT molecular complexity index is 862. The average molecular weight is 322 g/mol. The highest BCUT2D eigenvalue weighted by Crippen LogP contribution is 2.29. The topological polar surface area (TPSA) is 26.0 Å². The van der Waals surface area contributed by atoms with Crippen LogP contribution in [0, 0.1) is 13.8 Å². The average Bonchev–Trinajstić information content (AvgIpc) is 2.44. The molecule has 108 valence electrons. The van der Waals surface area contributed by atoms with E-state index in [0.717, 1.165) is 43.0 Å². The zero-order valence-electron chi connectivity index (χ0n) is 12.1. The van der Waals surface area contributed by atoms with E-state index in [1.807, 2.05) is 45.0 Å². The lowest BCUT2D eigenvalue weighted by Crippen LogP contribution is -2.47. The molecule has 0 aliphatic rings. The van der Waals surface area contributed by atoms with Crippen LogP contribution in [0.25, 0.3) is 21.8 Å². The van der Waals surface area contributed by atoms with Gasteiger partial charge in [-0.25, -0.2) is 4.84 Å². The SMILES string of the molecule is CCO[n+]1nc2cc(C)c(Cl)cc2c2cc(Cl)c(C)cc21. The predicted molar refractivity (Wildman–Crippen MR) is 86.1 cm³/mol. The van der Waals surface area contributed by atoms with Crippen molar-refractivity contribution in [2.45, 2.75) is 20.8 Å². The monoisotopic (exact) mass is 321 g/mol. The summed E-state index contributed by atoms with van der Waals surface area (Å²) in [5, 5.41) is 7.94. The Morgan fingerprint density at radius 1 is 1.00 bits per heavy atom. The van der Waals surface area contributed by atoms with Gasteiger partial charge in [-0.15, -0.1) is 0 Å². The summed E-state index contributed by atoms with van der Waals surface area (Å²) < 4.78 is 0. The molecule has 1 aromatic heterocycles. The van der Waals surface area contributed by atoms with Gasteiger partial charge in [0.15, 0.2) is 6.61 Å². The van der Waals surface area contributed by atoms with Crippen molar-refractivity contribution in [3.05, 3.63) is 45.4 Å². The van der Waals surface area contributed by atoms with Crippen molar-refractivity contribution in [3.8, 4) is 0 Å². The number of hydrogen-bond donors (Lipinski definition) is 0. The molecule has 3 nitrogen and oxygen atoms in total. The molecule has 5 heteroatoms. The van der Waals surface area contributed by atoms with E-state index in [4.69, 9.17) is 28.0 Å². The van der Waals surface area contributed by atoms with Gasteiger partial charge in [-0.1, -0.05) is 23.2 Å². The molecule has 0 saturated carbocycles. The molecule has 21 heavy (non-hydrogen) atoms. The van der Waals surface area contributed by atoms with Gasteiger partial charge >= 0.3 is 0 Å². The van der Waals surface area contributed by atoms with Gasteiger partial charge in [0, 0.05) is 21.5 Å². The highest BCUT2D eigenvalue weighted by atomic mass is 35.5. The van der Waals surface area contributed by atoms with Crippen LogP contribution in [0.15, 0.2) is 24.3 Å². The van der Waals surface area contributed by atoms with E-state index in [9.17, 15) is 0 Å². The van der Waals surface area contributed by atoms with Crippen LogP contribution < -0.4 is 9.68 Å². The van der Waals surface area contributed by atoms with Gasteiger partial charge < -0.3 is 0 Å². The molecule has 2 aromatic carbocycles. The van der Waals surface area contributed by atoms with Crippen molar-refractivity contribution in [1.82, 2.24) is 5.10 Å². The standard InChI is InChI=1S/C16H15Cl2N2O/c1-4-21-20-16-6-10(3)14(18)8-12(16)11-7-13(17)9(2)5-15(11)19-20/h5-8H,4H2,1-3H3/q+1. The first-order chi connectivity index (χ1) is 10.0. The van der Waals surface area contributed by atoms with Crippen molar-refractivity contribution >= 4 is 45.0 Å². The van der Waals surface area contributed by atoms with Gasteiger partial charge in [-0.2, -0.15) is 0 Å². The van der Waals surface area contributed by atoms with Crippen LogP contribution >= 0.6 is 23.2 Å². The summed E-state index contributed by atoms with van der Waals surface area (Å²) >= 11 is 12.5. The molecule has 0 bridgehead atoms. The number of aromatic nitrogens is 2. The van der Waals surface area contributed by atoms with Crippen LogP contribution in [-0.4, -0.2) is 11.7 Å². The Morgan fingerprint density at radius 2 is 1.62 bits per heavy atom. The minimum atomic E-state index is 0.534. The van der Waals surface area contributed by atoms with Crippen molar-refractivity contribution in [3.63, 3.8) is 0 Å². The number of fused-ring (bicyclic) bond motifs is 3.